The lowest BCUT2D eigenvalue weighted by Gasteiger charge is -2.19. The predicted octanol–water partition coefficient (Wildman–Crippen LogP) is 2.31. The number of hydrogen-bond donors (Lipinski definition) is 2. The van der Waals surface area contributed by atoms with Crippen molar-refractivity contribution in [1.29, 1.82) is 0 Å². The molecule has 0 aliphatic carbocycles. The summed E-state index contributed by atoms with van der Waals surface area (Å²) in [6, 6.07) is 8.04. The van der Waals surface area contributed by atoms with Gasteiger partial charge in [-0.15, -0.1) is 24.0 Å². The van der Waals surface area contributed by atoms with Gasteiger partial charge < -0.3 is 15.5 Å². The molecule has 1 aliphatic rings. The Bertz CT molecular complexity index is 799. The van der Waals surface area contributed by atoms with E-state index in [0.717, 1.165) is 24.1 Å². The molecule has 9 heteroatoms. The molecule has 29 heavy (non-hydrogen) atoms. The summed E-state index contributed by atoms with van der Waals surface area (Å²) in [6.45, 7) is 6.59. The van der Waals surface area contributed by atoms with E-state index in [0.29, 0.717) is 38.4 Å². The molecule has 2 N–H and O–H groups in total. The zero-order chi connectivity index (χ0) is 20.6. The monoisotopic (exact) mass is 536 g/mol. The number of benzene rings is 1. The molecule has 2 rings (SSSR count). The van der Waals surface area contributed by atoms with Crippen molar-refractivity contribution in [3.05, 3.63) is 35.4 Å². The molecule has 0 aromatic heterocycles. The van der Waals surface area contributed by atoms with Crippen molar-refractivity contribution in [1.82, 2.24) is 15.5 Å². The zero-order valence-corrected chi connectivity index (χ0v) is 20.6. The highest BCUT2D eigenvalue weighted by atomic mass is 127. The van der Waals surface area contributed by atoms with E-state index in [1.54, 1.807) is 0 Å². The van der Waals surface area contributed by atoms with Crippen LogP contribution < -0.4 is 10.6 Å². The first-order chi connectivity index (χ1) is 13.3. The number of carbonyl (C=O) groups excluding carboxylic acids is 1. The van der Waals surface area contributed by atoms with E-state index >= 15 is 0 Å². The van der Waals surface area contributed by atoms with Crippen LogP contribution in [0.15, 0.2) is 29.3 Å². The van der Waals surface area contributed by atoms with E-state index in [1.807, 2.05) is 43.0 Å². The number of nitrogens with one attached hydrogen (secondary N) is 2. The molecule has 1 amide bonds. The fourth-order valence-corrected chi connectivity index (χ4v) is 3.91. The fourth-order valence-electron chi connectivity index (χ4n) is 3.12. The number of guanidine groups is 1. The maximum atomic E-state index is 11.9. The van der Waals surface area contributed by atoms with Crippen molar-refractivity contribution in [2.75, 3.05) is 25.1 Å². The molecule has 1 fully saturated rings. The molecule has 0 radical (unpaired) electrons. The van der Waals surface area contributed by atoms with Gasteiger partial charge in [0.2, 0.25) is 5.91 Å². The minimum atomic E-state index is -2.98. The van der Waals surface area contributed by atoms with Crippen molar-refractivity contribution >= 4 is 45.7 Å². The highest BCUT2D eigenvalue weighted by molar-refractivity contribution is 14.0. The minimum Gasteiger partial charge on any atom is -0.357 e. The highest BCUT2D eigenvalue weighted by Crippen LogP contribution is 2.17. The summed E-state index contributed by atoms with van der Waals surface area (Å²) in [4.78, 5) is 18.5. The van der Waals surface area contributed by atoms with Gasteiger partial charge in [-0.05, 0) is 37.8 Å². The van der Waals surface area contributed by atoms with E-state index < -0.39 is 9.84 Å². The molecular formula is C20H33IN4O3S. The van der Waals surface area contributed by atoms with Gasteiger partial charge in [0.05, 0.1) is 12.3 Å². The SMILES string of the molecule is CCNC(=NCc1ccccc1CN1CCCC1=O)NC(C)CCS(C)(=O)=O.I. The highest BCUT2D eigenvalue weighted by Gasteiger charge is 2.20. The molecule has 1 unspecified atom stereocenters. The van der Waals surface area contributed by atoms with Gasteiger partial charge in [0, 0.05) is 38.4 Å². The predicted molar refractivity (Wildman–Crippen MR) is 128 cm³/mol. The lowest BCUT2D eigenvalue weighted by molar-refractivity contribution is -0.128. The number of hydrogen-bond acceptors (Lipinski definition) is 4. The number of sulfone groups is 1. The van der Waals surface area contributed by atoms with Gasteiger partial charge in [-0.2, -0.15) is 0 Å². The molecule has 1 heterocycles. The molecule has 0 saturated carbocycles. The molecule has 7 nitrogen and oxygen atoms in total. The van der Waals surface area contributed by atoms with Gasteiger partial charge in [0.25, 0.3) is 0 Å². The van der Waals surface area contributed by atoms with Crippen LogP contribution in [-0.2, 0) is 27.7 Å². The molecule has 1 saturated heterocycles. The van der Waals surface area contributed by atoms with Crippen LogP contribution in [0.5, 0.6) is 0 Å². The standard InChI is InChI=1S/C20H32N4O3S.HI/c1-4-21-20(23-16(2)11-13-28(3,26)27)22-14-17-8-5-6-9-18(17)15-24-12-7-10-19(24)25;/h5-6,8-9,16H,4,7,10-15H2,1-3H3,(H2,21,22,23);1H. The Morgan fingerprint density at radius 1 is 1.28 bits per heavy atom. The third kappa shape index (κ3) is 9.33. The third-order valence-electron chi connectivity index (χ3n) is 4.71. The number of carbonyl (C=O) groups is 1. The lowest BCUT2D eigenvalue weighted by atomic mass is 10.1. The Hall–Kier alpha value is -1.36. The van der Waals surface area contributed by atoms with Gasteiger partial charge in [0.1, 0.15) is 9.84 Å². The van der Waals surface area contributed by atoms with Crippen LogP contribution in [0.25, 0.3) is 0 Å². The first-order valence-corrected chi connectivity index (χ1v) is 11.9. The molecule has 1 aliphatic heterocycles. The van der Waals surface area contributed by atoms with E-state index in [4.69, 9.17) is 0 Å². The van der Waals surface area contributed by atoms with Crippen LogP contribution in [-0.4, -0.2) is 56.3 Å². The van der Waals surface area contributed by atoms with Crippen molar-refractivity contribution in [3.8, 4) is 0 Å². The summed E-state index contributed by atoms with van der Waals surface area (Å²) in [5.41, 5.74) is 2.20. The summed E-state index contributed by atoms with van der Waals surface area (Å²) in [6.07, 6.45) is 3.34. The zero-order valence-electron chi connectivity index (χ0n) is 17.5. The minimum absolute atomic E-state index is 0. The second-order valence-electron chi connectivity index (χ2n) is 7.35. The first-order valence-electron chi connectivity index (χ1n) is 9.85. The quantitative estimate of drug-likeness (QED) is 0.287. The number of halogens is 1. The van der Waals surface area contributed by atoms with E-state index in [-0.39, 0.29) is 41.7 Å². The summed E-state index contributed by atoms with van der Waals surface area (Å²) in [5.74, 6) is 1.02. The fraction of sp³-hybridized carbons (Fsp3) is 0.600. The summed E-state index contributed by atoms with van der Waals surface area (Å²) < 4.78 is 22.7. The van der Waals surface area contributed by atoms with Crippen LogP contribution in [0.3, 0.4) is 0 Å². The topological polar surface area (TPSA) is 90.9 Å². The molecule has 1 aromatic carbocycles. The average Bonchev–Trinajstić information content (AvgIpc) is 3.03. The molecule has 1 aromatic rings. The Balaban J connectivity index is 0.00000420. The van der Waals surface area contributed by atoms with Crippen molar-refractivity contribution < 1.29 is 13.2 Å². The smallest absolute Gasteiger partial charge is 0.222 e. The van der Waals surface area contributed by atoms with Crippen LogP contribution in [0.2, 0.25) is 0 Å². The first kappa shape index (κ1) is 25.7. The number of aliphatic imine (C=N–C) groups is 1. The van der Waals surface area contributed by atoms with Crippen LogP contribution in [0, 0.1) is 0 Å². The summed E-state index contributed by atoms with van der Waals surface area (Å²) in [5, 5.41) is 6.48. The van der Waals surface area contributed by atoms with Crippen LogP contribution in [0.4, 0.5) is 0 Å². The number of rotatable bonds is 9. The maximum absolute atomic E-state index is 11.9. The van der Waals surface area contributed by atoms with Crippen LogP contribution in [0.1, 0.15) is 44.2 Å². The van der Waals surface area contributed by atoms with Crippen LogP contribution >= 0.6 is 24.0 Å². The van der Waals surface area contributed by atoms with Gasteiger partial charge in [-0.1, -0.05) is 24.3 Å². The number of amides is 1. The Morgan fingerprint density at radius 3 is 2.55 bits per heavy atom. The molecular weight excluding hydrogens is 503 g/mol. The maximum Gasteiger partial charge on any atom is 0.222 e. The third-order valence-corrected chi connectivity index (χ3v) is 5.68. The van der Waals surface area contributed by atoms with Gasteiger partial charge in [-0.25, -0.2) is 13.4 Å². The summed E-state index contributed by atoms with van der Waals surface area (Å²) in [7, 11) is -2.98. The average molecular weight is 536 g/mol. The normalized spacial score (nSPS) is 15.8. The largest absolute Gasteiger partial charge is 0.357 e. The second kappa shape index (κ2) is 12.4. The molecule has 0 bridgehead atoms. The number of likely N-dealkylation sites (tertiary alicyclic amines) is 1. The second-order valence-corrected chi connectivity index (χ2v) is 9.61. The Labute approximate surface area is 191 Å². The molecule has 164 valence electrons. The molecule has 0 spiro atoms. The Kier molecular flexibility index (Phi) is 10.9. The van der Waals surface area contributed by atoms with Gasteiger partial charge in [0.15, 0.2) is 5.96 Å². The van der Waals surface area contributed by atoms with E-state index in [2.05, 4.69) is 15.6 Å². The van der Waals surface area contributed by atoms with Gasteiger partial charge in [-0.3, -0.25) is 4.79 Å². The van der Waals surface area contributed by atoms with Crippen molar-refractivity contribution in [2.24, 2.45) is 4.99 Å². The van der Waals surface area contributed by atoms with E-state index in [1.165, 1.54) is 6.26 Å². The summed E-state index contributed by atoms with van der Waals surface area (Å²) >= 11 is 0. The number of nitrogens with zero attached hydrogens (tertiary/aromatic N) is 2. The van der Waals surface area contributed by atoms with Crippen molar-refractivity contribution in [2.45, 2.75) is 52.2 Å². The van der Waals surface area contributed by atoms with Gasteiger partial charge >= 0.3 is 0 Å². The Morgan fingerprint density at radius 2 is 1.97 bits per heavy atom. The van der Waals surface area contributed by atoms with E-state index in [9.17, 15) is 13.2 Å². The molecule has 1 atom stereocenters. The lowest BCUT2D eigenvalue weighted by Crippen LogP contribution is -2.42. The van der Waals surface area contributed by atoms with Crippen molar-refractivity contribution in [3.63, 3.8) is 0 Å².